The quantitative estimate of drug-likeness (QED) is 0.579. The average molecular weight is 405 g/mol. The third-order valence-electron chi connectivity index (χ3n) is 5.43. The van der Waals surface area contributed by atoms with Gasteiger partial charge in [-0.2, -0.15) is 5.10 Å². The second kappa shape index (κ2) is 10.1. The van der Waals surface area contributed by atoms with Crippen molar-refractivity contribution in [1.29, 1.82) is 0 Å². The molecule has 1 aromatic heterocycles. The highest BCUT2D eigenvalue weighted by Gasteiger charge is 2.20. The molecule has 0 saturated carbocycles. The number of nitrogens with zero attached hydrogens (tertiary/aromatic N) is 4. The smallest absolute Gasteiger partial charge is 0.222 e. The Morgan fingerprint density at radius 2 is 1.63 bits per heavy atom. The van der Waals surface area contributed by atoms with Gasteiger partial charge in [-0.3, -0.25) is 9.69 Å². The maximum absolute atomic E-state index is 12.6. The Kier molecular flexibility index (Phi) is 6.77. The minimum atomic E-state index is 0.225. The van der Waals surface area contributed by atoms with E-state index in [1.807, 2.05) is 82.6 Å². The minimum Gasteiger partial charge on any atom is -0.492 e. The highest BCUT2D eigenvalue weighted by molar-refractivity contribution is 5.76. The van der Waals surface area contributed by atoms with E-state index in [-0.39, 0.29) is 5.91 Å². The highest BCUT2D eigenvalue weighted by atomic mass is 16.5. The van der Waals surface area contributed by atoms with Gasteiger partial charge in [0.05, 0.1) is 11.9 Å². The van der Waals surface area contributed by atoms with Crippen LogP contribution in [0.1, 0.15) is 12.0 Å². The zero-order valence-electron chi connectivity index (χ0n) is 17.2. The molecule has 0 spiro atoms. The number of piperazine rings is 1. The number of ether oxygens (including phenoxy) is 1. The number of carbonyl (C=O) groups excluding carboxylic acids is 1. The number of benzene rings is 2. The molecule has 4 rings (SSSR count). The Bertz CT molecular complexity index is 919. The first-order valence-corrected chi connectivity index (χ1v) is 10.5. The summed E-state index contributed by atoms with van der Waals surface area (Å²) in [6, 6.07) is 19.9. The van der Waals surface area contributed by atoms with Crippen molar-refractivity contribution < 1.29 is 9.53 Å². The van der Waals surface area contributed by atoms with Gasteiger partial charge in [-0.15, -0.1) is 0 Å². The maximum Gasteiger partial charge on any atom is 0.222 e. The molecule has 1 aliphatic rings. The van der Waals surface area contributed by atoms with Crippen LogP contribution in [0.3, 0.4) is 0 Å². The van der Waals surface area contributed by atoms with E-state index in [1.54, 1.807) is 0 Å². The second-order valence-electron chi connectivity index (χ2n) is 7.51. The number of aryl methyl sites for hydroxylation is 1. The fraction of sp³-hybridized carbons (Fsp3) is 0.333. The van der Waals surface area contributed by atoms with Gasteiger partial charge in [-0.25, -0.2) is 4.68 Å². The largest absolute Gasteiger partial charge is 0.492 e. The van der Waals surface area contributed by atoms with Crippen molar-refractivity contribution in [1.82, 2.24) is 19.6 Å². The molecule has 6 heteroatoms. The van der Waals surface area contributed by atoms with Crippen molar-refractivity contribution in [2.75, 3.05) is 39.3 Å². The van der Waals surface area contributed by atoms with Gasteiger partial charge in [0.15, 0.2) is 0 Å². The lowest BCUT2D eigenvalue weighted by atomic mass is 10.1. The third-order valence-corrected chi connectivity index (χ3v) is 5.43. The first-order chi connectivity index (χ1) is 14.8. The molecule has 6 nitrogen and oxygen atoms in total. The maximum atomic E-state index is 12.6. The zero-order chi connectivity index (χ0) is 20.6. The average Bonchev–Trinajstić information content (AvgIpc) is 3.28. The van der Waals surface area contributed by atoms with Crippen LogP contribution in [0.5, 0.6) is 5.75 Å². The van der Waals surface area contributed by atoms with Crippen LogP contribution < -0.4 is 4.74 Å². The lowest BCUT2D eigenvalue weighted by molar-refractivity contribution is -0.132. The molecule has 1 amide bonds. The Labute approximate surface area is 177 Å². The molecule has 1 saturated heterocycles. The molecule has 30 heavy (non-hydrogen) atoms. The van der Waals surface area contributed by atoms with Gasteiger partial charge in [0.25, 0.3) is 0 Å². The normalized spacial score (nSPS) is 14.6. The van der Waals surface area contributed by atoms with E-state index < -0.39 is 0 Å². The topological polar surface area (TPSA) is 50.6 Å². The fourth-order valence-corrected chi connectivity index (χ4v) is 3.65. The fourth-order valence-electron chi connectivity index (χ4n) is 3.65. The molecule has 0 aliphatic carbocycles. The first-order valence-electron chi connectivity index (χ1n) is 10.5. The summed E-state index contributed by atoms with van der Waals surface area (Å²) in [6.45, 7) is 4.92. The SMILES string of the molecule is O=C(CCc1cnn(-c2ccccc2)c1)N1CCN(CCOc2ccccc2)CC1. The predicted molar refractivity (Wildman–Crippen MR) is 117 cm³/mol. The number of para-hydroxylation sites is 2. The summed E-state index contributed by atoms with van der Waals surface area (Å²) in [5.74, 6) is 1.13. The predicted octanol–water partition coefficient (Wildman–Crippen LogP) is 3.03. The van der Waals surface area contributed by atoms with Crippen LogP contribution in [0.4, 0.5) is 0 Å². The molecule has 1 fully saturated rings. The lowest BCUT2D eigenvalue weighted by Gasteiger charge is -2.34. The number of hydrogen-bond donors (Lipinski definition) is 0. The standard InChI is InChI=1S/C24H28N4O2/c29-24(12-11-21-19-25-28(20-21)22-7-3-1-4-8-22)27-15-13-26(14-16-27)17-18-30-23-9-5-2-6-10-23/h1-10,19-20H,11-18H2. The van der Waals surface area contributed by atoms with Crippen molar-refractivity contribution >= 4 is 5.91 Å². The Balaban J connectivity index is 1.16. The molecule has 2 aromatic carbocycles. The van der Waals surface area contributed by atoms with Crippen LogP contribution in [-0.4, -0.2) is 64.8 Å². The third kappa shape index (κ3) is 5.48. The second-order valence-corrected chi connectivity index (χ2v) is 7.51. The van der Waals surface area contributed by atoms with Gasteiger partial charge in [0.2, 0.25) is 5.91 Å². The molecule has 0 unspecified atom stereocenters. The molecule has 0 N–H and O–H groups in total. The molecule has 0 atom stereocenters. The van der Waals surface area contributed by atoms with Gasteiger partial charge < -0.3 is 9.64 Å². The van der Waals surface area contributed by atoms with Crippen molar-refractivity contribution in [3.63, 3.8) is 0 Å². The monoisotopic (exact) mass is 404 g/mol. The minimum absolute atomic E-state index is 0.225. The number of carbonyl (C=O) groups is 1. The Hall–Kier alpha value is -3.12. The number of rotatable bonds is 8. The Morgan fingerprint density at radius 1 is 0.933 bits per heavy atom. The van der Waals surface area contributed by atoms with Crippen LogP contribution in [0.2, 0.25) is 0 Å². The van der Waals surface area contributed by atoms with Crippen LogP contribution in [0, 0.1) is 0 Å². The number of hydrogen-bond acceptors (Lipinski definition) is 4. The summed E-state index contributed by atoms with van der Waals surface area (Å²) in [6.07, 6.45) is 5.10. The lowest BCUT2D eigenvalue weighted by Crippen LogP contribution is -2.49. The van der Waals surface area contributed by atoms with Gasteiger partial charge in [0, 0.05) is 45.3 Å². The van der Waals surface area contributed by atoms with Gasteiger partial charge >= 0.3 is 0 Å². The highest BCUT2D eigenvalue weighted by Crippen LogP contribution is 2.12. The molecule has 0 radical (unpaired) electrons. The summed E-state index contributed by atoms with van der Waals surface area (Å²) in [5, 5.41) is 4.41. The first kappa shape index (κ1) is 20.2. The molecule has 1 aliphatic heterocycles. The van der Waals surface area contributed by atoms with Crippen LogP contribution in [0.15, 0.2) is 73.1 Å². The van der Waals surface area contributed by atoms with E-state index in [1.165, 1.54) is 0 Å². The summed E-state index contributed by atoms with van der Waals surface area (Å²) in [7, 11) is 0. The molecular formula is C24H28N4O2. The van der Waals surface area contributed by atoms with Crippen molar-refractivity contribution in [3.05, 3.63) is 78.6 Å². The van der Waals surface area contributed by atoms with E-state index >= 15 is 0 Å². The molecular weight excluding hydrogens is 376 g/mol. The van der Waals surface area contributed by atoms with E-state index in [0.29, 0.717) is 13.0 Å². The summed E-state index contributed by atoms with van der Waals surface area (Å²) >= 11 is 0. The van der Waals surface area contributed by atoms with Gasteiger partial charge in [-0.1, -0.05) is 36.4 Å². The molecule has 3 aromatic rings. The van der Waals surface area contributed by atoms with Crippen molar-refractivity contribution in [2.45, 2.75) is 12.8 Å². The van der Waals surface area contributed by atoms with E-state index in [4.69, 9.17) is 4.74 Å². The molecule has 2 heterocycles. The molecule has 0 bridgehead atoms. The van der Waals surface area contributed by atoms with Crippen LogP contribution in [0.25, 0.3) is 5.69 Å². The van der Waals surface area contributed by atoms with Crippen LogP contribution >= 0.6 is 0 Å². The summed E-state index contributed by atoms with van der Waals surface area (Å²) in [4.78, 5) is 16.9. The van der Waals surface area contributed by atoms with Gasteiger partial charge in [-0.05, 0) is 36.2 Å². The number of aromatic nitrogens is 2. The van der Waals surface area contributed by atoms with E-state index in [9.17, 15) is 4.79 Å². The van der Waals surface area contributed by atoms with Crippen LogP contribution in [-0.2, 0) is 11.2 Å². The summed E-state index contributed by atoms with van der Waals surface area (Å²) < 4.78 is 7.63. The number of amides is 1. The zero-order valence-corrected chi connectivity index (χ0v) is 17.2. The van der Waals surface area contributed by atoms with Crippen molar-refractivity contribution in [2.24, 2.45) is 0 Å². The van der Waals surface area contributed by atoms with E-state index in [0.717, 1.165) is 56.1 Å². The van der Waals surface area contributed by atoms with Crippen molar-refractivity contribution in [3.8, 4) is 11.4 Å². The van der Waals surface area contributed by atoms with E-state index in [2.05, 4.69) is 10.00 Å². The summed E-state index contributed by atoms with van der Waals surface area (Å²) in [5.41, 5.74) is 2.12. The molecule has 156 valence electrons. The van der Waals surface area contributed by atoms with Gasteiger partial charge in [0.1, 0.15) is 12.4 Å². The Morgan fingerprint density at radius 3 is 2.37 bits per heavy atom.